The van der Waals surface area contributed by atoms with Gasteiger partial charge in [0.1, 0.15) is 5.69 Å². The van der Waals surface area contributed by atoms with E-state index in [-0.39, 0.29) is 0 Å². The van der Waals surface area contributed by atoms with Gasteiger partial charge in [-0.3, -0.25) is 4.79 Å². The standard InChI is InChI=1S/C7H4BrF3N2O/c8-4-2(9)1-13-5(7(12)14)3(4)6(10)11/h1,6H,(H2,12,14). The maximum Gasteiger partial charge on any atom is 0.267 e. The van der Waals surface area contributed by atoms with E-state index >= 15 is 0 Å². The number of hydrogen-bond donors (Lipinski definition) is 1. The minimum absolute atomic E-state index is 0.490. The summed E-state index contributed by atoms with van der Waals surface area (Å²) in [7, 11) is 0. The average molecular weight is 269 g/mol. The van der Waals surface area contributed by atoms with Gasteiger partial charge in [0.25, 0.3) is 12.3 Å². The number of nitrogens with two attached hydrogens (primary N) is 1. The minimum atomic E-state index is -3.02. The number of pyridine rings is 1. The van der Waals surface area contributed by atoms with Crippen LogP contribution < -0.4 is 5.73 Å². The highest BCUT2D eigenvalue weighted by Crippen LogP contribution is 2.31. The van der Waals surface area contributed by atoms with Crippen LogP contribution in [-0.4, -0.2) is 10.9 Å². The zero-order chi connectivity index (χ0) is 10.9. The molecule has 0 spiro atoms. The predicted molar refractivity (Wildman–Crippen MR) is 45.4 cm³/mol. The van der Waals surface area contributed by atoms with Crippen LogP contribution in [0.25, 0.3) is 0 Å². The first-order chi connectivity index (χ1) is 6.45. The zero-order valence-corrected chi connectivity index (χ0v) is 8.19. The molecule has 0 saturated heterocycles. The highest BCUT2D eigenvalue weighted by Gasteiger charge is 2.23. The molecule has 0 atom stereocenters. The molecule has 1 rings (SSSR count). The molecule has 0 radical (unpaired) electrons. The van der Waals surface area contributed by atoms with Crippen molar-refractivity contribution in [2.45, 2.75) is 6.43 Å². The van der Waals surface area contributed by atoms with Crippen molar-refractivity contribution in [3.05, 3.63) is 27.7 Å². The average Bonchev–Trinajstić information content (AvgIpc) is 2.08. The highest BCUT2D eigenvalue weighted by atomic mass is 79.9. The number of rotatable bonds is 2. The Labute approximate surface area is 85.2 Å². The second-order valence-electron chi connectivity index (χ2n) is 2.35. The molecule has 0 aliphatic heterocycles. The molecule has 14 heavy (non-hydrogen) atoms. The number of halogens is 4. The summed E-state index contributed by atoms with van der Waals surface area (Å²) in [5.41, 5.74) is 3.34. The number of primary amides is 1. The van der Waals surface area contributed by atoms with Crippen LogP contribution >= 0.6 is 15.9 Å². The van der Waals surface area contributed by atoms with Gasteiger partial charge in [-0.05, 0) is 15.9 Å². The molecule has 0 aromatic carbocycles. The lowest BCUT2D eigenvalue weighted by Crippen LogP contribution is -2.17. The number of aromatic nitrogens is 1. The van der Waals surface area contributed by atoms with Gasteiger partial charge in [0.15, 0.2) is 5.82 Å². The zero-order valence-electron chi connectivity index (χ0n) is 6.60. The number of carbonyl (C=O) groups is 1. The van der Waals surface area contributed by atoms with Crippen molar-refractivity contribution in [2.24, 2.45) is 5.73 Å². The Hall–Kier alpha value is -1.11. The summed E-state index contributed by atoms with van der Waals surface area (Å²) in [6.45, 7) is 0. The molecular weight excluding hydrogens is 265 g/mol. The summed E-state index contributed by atoms with van der Waals surface area (Å²) >= 11 is 2.60. The lowest BCUT2D eigenvalue weighted by atomic mass is 10.2. The normalized spacial score (nSPS) is 10.6. The Bertz CT molecular complexity index is 383. The highest BCUT2D eigenvalue weighted by molar-refractivity contribution is 9.10. The van der Waals surface area contributed by atoms with Crippen molar-refractivity contribution in [2.75, 3.05) is 0 Å². The molecule has 0 aliphatic rings. The van der Waals surface area contributed by atoms with Gasteiger partial charge >= 0.3 is 0 Å². The van der Waals surface area contributed by atoms with E-state index in [1.54, 1.807) is 0 Å². The third-order valence-corrected chi connectivity index (χ3v) is 2.27. The monoisotopic (exact) mass is 268 g/mol. The summed E-state index contributed by atoms with van der Waals surface area (Å²) in [5, 5.41) is 0. The van der Waals surface area contributed by atoms with E-state index < -0.39 is 33.9 Å². The summed E-state index contributed by atoms with van der Waals surface area (Å²) in [6, 6.07) is 0. The van der Waals surface area contributed by atoms with Crippen LogP contribution in [0.5, 0.6) is 0 Å². The van der Waals surface area contributed by atoms with Gasteiger partial charge < -0.3 is 5.73 Å². The van der Waals surface area contributed by atoms with Crippen LogP contribution in [0.15, 0.2) is 10.7 Å². The first kappa shape index (κ1) is 11.0. The van der Waals surface area contributed by atoms with E-state index in [1.807, 2.05) is 0 Å². The number of alkyl halides is 2. The third kappa shape index (κ3) is 1.87. The fraction of sp³-hybridized carbons (Fsp3) is 0.143. The first-order valence-corrected chi connectivity index (χ1v) is 4.16. The topological polar surface area (TPSA) is 56.0 Å². The number of amides is 1. The Morgan fingerprint density at radius 1 is 1.57 bits per heavy atom. The number of carbonyl (C=O) groups excluding carboxylic acids is 1. The van der Waals surface area contributed by atoms with Crippen molar-refractivity contribution < 1.29 is 18.0 Å². The molecule has 0 aliphatic carbocycles. The summed E-state index contributed by atoms with van der Waals surface area (Å²) in [5.74, 6) is -2.09. The van der Waals surface area contributed by atoms with Gasteiger partial charge in [-0.1, -0.05) is 0 Å². The number of nitrogens with zero attached hydrogens (tertiary/aromatic N) is 1. The maximum absolute atomic E-state index is 12.8. The fourth-order valence-corrected chi connectivity index (χ4v) is 1.34. The van der Waals surface area contributed by atoms with E-state index in [1.165, 1.54) is 0 Å². The van der Waals surface area contributed by atoms with Crippen LogP contribution in [0.2, 0.25) is 0 Å². The van der Waals surface area contributed by atoms with Gasteiger partial charge in [-0.15, -0.1) is 0 Å². The third-order valence-electron chi connectivity index (χ3n) is 1.46. The maximum atomic E-state index is 12.8. The van der Waals surface area contributed by atoms with Gasteiger partial charge in [0.2, 0.25) is 0 Å². The summed E-state index contributed by atoms with van der Waals surface area (Å²) in [6.07, 6.45) is -2.37. The molecule has 76 valence electrons. The Kier molecular flexibility index (Phi) is 3.10. The summed E-state index contributed by atoms with van der Waals surface area (Å²) in [4.78, 5) is 13.9. The van der Waals surface area contributed by atoms with Crippen LogP contribution in [-0.2, 0) is 0 Å². The minimum Gasteiger partial charge on any atom is -0.364 e. The van der Waals surface area contributed by atoms with Crippen molar-refractivity contribution in [3.63, 3.8) is 0 Å². The Balaban J connectivity index is 3.45. The number of hydrogen-bond acceptors (Lipinski definition) is 2. The van der Waals surface area contributed by atoms with Crippen LogP contribution in [0.3, 0.4) is 0 Å². The fourth-order valence-electron chi connectivity index (χ4n) is 0.876. The molecule has 1 aromatic rings. The molecule has 1 heterocycles. The molecule has 1 amide bonds. The van der Waals surface area contributed by atoms with Crippen molar-refractivity contribution in [3.8, 4) is 0 Å². The quantitative estimate of drug-likeness (QED) is 0.892. The van der Waals surface area contributed by atoms with Gasteiger partial charge in [0.05, 0.1) is 16.2 Å². The van der Waals surface area contributed by atoms with E-state index in [0.717, 1.165) is 0 Å². The first-order valence-electron chi connectivity index (χ1n) is 3.37. The Morgan fingerprint density at radius 3 is 2.57 bits per heavy atom. The molecule has 0 unspecified atom stereocenters. The molecule has 0 fully saturated rings. The second kappa shape index (κ2) is 3.95. The largest absolute Gasteiger partial charge is 0.364 e. The van der Waals surface area contributed by atoms with Crippen molar-refractivity contribution in [1.82, 2.24) is 4.98 Å². The molecule has 0 saturated carbocycles. The molecule has 7 heteroatoms. The van der Waals surface area contributed by atoms with Crippen LogP contribution in [0, 0.1) is 5.82 Å². The Morgan fingerprint density at radius 2 is 2.14 bits per heavy atom. The predicted octanol–water partition coefficient (Wildman–Crippen LogP) is 2.02. The lowest BCUT2D eigenvalue weighted by molar-refractivity contribution is 0.0979. The van der Waals surface area contributed by atoms with Gasteiger partial charge in [-0.25, -0.2) is 18.2 Å². The SMILES string of the molecule is NC(=O)c1ncc(F)c(Br)c1C(F)F. The van der Waals surface area contributed by atoms with Gasteiger partial charge in [-0.2, -0.15) is 0 Å². The molecule has 3 nitrogen and oxygen atoms in total. The molecule has 2 N–H and O–H groups in total. The van der Waals surface area contributed by atoms with Gasteiger partial charge in [0, 0.05) is 0 Å². The van der Waals surface area contributed by atoms with E-state index in [4.69, 9.17) is 5.73 Å². The van der Waals surface area contributed by atoms with Crippen LogP contribution in [0.1, 0.15) is 22.5 Å². The van der Waals surface area contributed by atoms with Crippen LogP contribution in [0.4, 0.5) is 13.2 Å². The summed E-state index contributed by atoms with van der Waals surface area (Å²) < 4.78 is 37.1. The molecule has 1 aromatic heterocycles. The van der Waals surface area contributed by atoms with Crippen molar-refractivity contribution in [1.29, 1.82) is 0 Å². The van der Waals surface area contributed by atoms with E-state index in [9.17, 15) is 18.0 Å². The van der Waals surface area contributed by atoms with E-state index in [0.29, 0.717) is 6.20 Å². The van der Waals surface area contributed by atoms with Crippen molar-refractivity contribution >= 4 is 21.8 Å². The van der Waals surface area contributed by atoms with E-state index in [2.05, 4.69) is 20.9 Å². The smallest absolute Gasteiger partial charge is 0.267 e. The second-order valence-corrected chi connectivity index (χ2v) is 3.14. The molecular formula is C7H4BrF3N2O. The lowest BCUT2D eigenvalue weighted by Gasteiger charge is -2.07. The molecule has 0 bridgehead atoms.